The van der Waals surface area contributed by atoms with Crippen LogP contribution in [0.5, 0.6) is 0 Å². The van der Waals surface area contributed by atoms with Crippen LogP contribution in [0, 0.1) is 0 Å². The number of halogens is 4. The minimum atomic E-state index is -4.99. The summed E-state index contributed by atoms with van der Waals surface area (Å²) in [6.45, 7) is -0.520. The number of fused-ring (bicyclic) bond motifs is 1. The van der Waals surface area contributed by atoms with E-state index in [9.17, 15) is 18.0 Å². The predicted octanol–water partition coefficient (Wildman–Crippen LogP) is 3.28. The molecule has 5 nitrogen and oxygen atoms in total. The Morgan fingerprint density at radius 2 is 2.10 bits per heavy atom. The molecule has 2 rings (SSSR count). The molecule has 1 amide bonds. The van der Waals surface area contributed by atoms with Crippen LogP contribution in [-0.4, -0.2) is 32.6 Å². The van der Waals surface area contributed by atoms with Crippen LogP contribution in [0.1, 0.15) is 5.56 Å². The van der Waals surface area contributed by atoms with Gasteiger partial charge in [-0.05, 0) is 18.2 Å². The highest BCUT2D eigenvalue weighted by atomic mass is 35.5. The zero-order valence-corrected chi connectivity index (χ0v) is 11.5. The first kappa shape index (κ1) is 15.9. The zero-order valence-electron chi connectivity index (χ0n) is 10.8. The van der Waals surface area contributed by atoms with Crippen molar-refractivity contribution in [2.45, 2.75) is 12.0 Å². The zero-order chi connectivity index (χ0) is 15.7. The number of hydrogen-bond donors (Lipinski definition) is 1. The van der Waals surface area contributed by atoms with Gasteiger partial charge < -0.3 is 14.2 Å². The van der Waals surface area contributed by atoms with Crippen molar-refractivity contribution in [3.8, 4) is 0 Å². The van der Waals surface area contributed by atoms with Gasteiger partial charge in [0.15, 0.2) is 0 Å². The monoisotopic (exact) mass is 325 g/mol. The van der Waals surface area contributed by atoms with E-state index in [1.165, 1.54) is 19.2 Å². The molecule has 0 aliphatic carbocycles. The van der Waals surface area contributed by atoms with Gasteiger partial charge >= 0.3 is 18.1 Å². The maximum absolute atomic E-state index is 13.5. The van der Waals surface area contributed by atoms with Gasteiger partial charge in [-0.25, -0.2) is 4.79 Å². The Bertz CT molecular complexity index is 552. The molecule has 1 aliphatic rings. The number of benzene rings is 1. The molecular weight excluding hydrogens is 315 g/mol. The van der Waals surface area contributed by atoms with Gasteiger partial charge in [0.25, 0.3) is 0 Å². The molecule has 0 saturated carbocycles. The Kier molecular flexibility index (Phi) is 4.31. The van der Waals surface area contributed by atoms with E-state index in [0.717, 1.165) is 6.07 Å². The lowest BCUT2D eigenvalue weighted by atomic mass is 10.0. The molecule has 1 unspecified atom stereocenters. The quantitative estimate of drug-likeness (QED) is 0.863. The molecule has 0 spiro atoms. The van der Waals surface area contributed by atoms with Crippen molar-refractivity contribution in [3.05, 3.63) is 28.8 Å². The third-order valence-electron chi connectivity index (χ3n) is 2.78. The van der Waals surface area contributed by atoms with Crippen LogP contribution in [0.3, 0.4) is 0 Å². The molecule has 1 heterocycles. The molecular formula is C12H11ClF3NO4. The van der Waals surface area contributed by atoms with Crippen LogP contribution in [0.2, 0.25) is 5.02 Å². The molecule has 116 valence electrons. The van der Waals surface area contributed by atoms with Gasteiger partial charge in [0.2, 0.25) is 0 Å². The standard InChI is InChI=1S/C12H11ClF3NO4/c1-19-4-5-20-11(12(14,15)16)8-6-7(13)2-3-9(8)17-10(18)21-11/h2-3,6H,4-5H2,1H3,(H,17,18). The first-order valence-electron chi connectivity index (χ1n) is 5.80. The fraction of sp³-hybridized carbons (Fsp3) is 0.417. The summed E-state index contributed by atoms with van der Waals surface area (Å²) >= 11 is 5.74. The Morgan fingerprint density at radius 3 is 2.71 bits per heavy atom. The van der Waals surface area contributed by atoms with Gasteiger partial charge in [-0.15, -0.1) is 0 Å². The largest absolute Gasteiger partial charge is 0.460 e. The Morgan fingerprint density at radius 1 is 1.38 bits per heavy atom. The van der Waals surface area contributed by atoms with Gasteiger partial charge in [-0.1, -0.05) is 11.6 Å². The molecule has 9 heteroatoms. The van der Waals surface area contributed by atoms with Gasteiger partial charge in [0, 0.05) is 12.1 Å². The second kappa shape index (κ2) is 5.70. The number of rotatable bonds is 4. The van der Waals surface area contributed by atoms with Gasteiger partial charge in [0.1, 0.15) is 0 Å². The number of cyclic esters (lactones) is 1. The van der Waals surface area contributed by atoms with Gasteiger partial charge in [0.05, 0.1) is 24.5 Å². The number of amides is 1. The van der Waals surface area contributed by atoms with Crippen molar-refractivity contribution in [2.24, 2.45) is 0 Å². The highest BCUT2D eigenvalue weighted by molar-refractivity contribution is 6.30. The normalized spacial score (nSPS) is 21.5. The number of anilines is 1. The van der Waals surface area contributed by atoms with E-state index < -0.39 is 30.2 Å². The smallest absolute Gasteiger partial charge is 0.402 e. The lowest BCUT2D eigenvalue weighted by molar-refractivity contribution is -0.372. The van der Waals surface area contributed by atoms with Crippen LogP contribution < -0.4 is 5.32 Å². The fourth-order valence-corrected chi connectivity index (χ4v) is 2.06. The summed E-state index contributed by atoms with van der Waals surface area (Å²) in [5.41, 5.74) is -0.497. The van der Waals surface area contributed by atoms with Crippen molar-refractivity contribution in [2.75, 3.05) is 25.6 Å². The molecule has 1 aromatic carbocycles. The summed E-state index contributed by atoms with van der Waals surface area (Å²) in [5.74, 6) is -3.21. The summed E-state index contributed by atoms with van der Waals surface area (Å²) in [4.78, 5) is 11.4. The predicted molar refractivity (Wildman–Crippen MR) is 67.1 cm³/mol. The van der Waals surface area contributed by atoms with Crippen molar-refractivity contribution < 1.29 is 32.2 Å². The molecule has 0 bridgehead atoms. The summed E-state index contributed by atoms with van der Waals surface area (Å²) < 4.78 is 54.4. The van der Waals surface area contributed by atoms with Crippen LogP contribution >= 0.6 is 11.6 Å². The van der Waals surface area contributed by atoms with E-state index in [4.69, 9.17) is 16.3 Å². The lowest BCUT2D eigenvalue weighted by Gasteiger charge is -2.38. The van der Waals surface area contributed by atoms with Crippen molar-refractivity contribution in [3.63, 3.8) is 0 Å². The second-order valence-corrected chi connectivity index (χ2v) is 4.60. The van der Waals surface area contributed by atoms with Gasteiger partial charge in [-0.3, -0.25) is 5.32 Å². The average Bonchev–Trinajstić information content (AvgIpc) is 2.38. The summed E-state index contributed by atoms with van der Waals surface area (Å²) in [5, 5.41) is 2.23. The summed E-state index contributed by atoms with van der Waals surface area (Å²) in [6, 6.07) is 3.64. The maximum atomic E-state index is 13.5. The molecule has 1 atom stereocenters. The molecule has 0 aromatic heterocycles. The van der Waals surface area contributed by atoms with E-state index in [0.29, 0.717) is 0 Å². The second-order valence-electron chi connectivity index (χ2n) is 4.16. The first-order chi connectivity index (χ1) is 9.80. The molecule has 1 N–H and O–H groups in total. The number of nitrogens with one attached hydrogen (secondary N) is 1. The Labute approximate surface area is 122 Å². The van der Waals surface area contributed by atoms with Crippen LogP contribution in [0.15, 0.2) is 18.2 Å². The highest BCUT2D eigenvalue weighted by Gasteiger charge is 2.64. The van der Waals surface area contributed by atoms with Gasteiger partial charge in [-0.2, -0.15) is 13.2 Å². The minimum Gasteiger partial charge on any atom is -0.402 e. The topological polar surface area (TPSA) is 56.8 Å². The van der Waals surface area contributed by atoms with E-state index in [2.05, 4.69) is 14.8 Å². The lowest BCUT2D eigenvalue weighted by Crippen LogP contribution is -2.52. The van der Waals surface area contributed by atoms with E-state index in [1.807, 2.05) is 0 Å². The molecule has 0 fully saturated rings. The molecule has 0 radical (unpaired) electrons. The van der Waals surface area contributed by atoms with Crippen LogP contribution in [-0.2, 0) is 20.0 Å². The molecule has 1 aliphatic heterocycles. The van der Waals surface area contributed by atoms with E-state index >= 15 is 0 Å². The number of carbonyl (C=O) groups is 1. The molecule has 21 heavy (non-hydrogen) atoms. The van der Waals surface area contributed by atoms with E-state index in [-0.39, 0.29) is 17.3 Å². The number of methoxy groups -OCH3 is 1. The SMILES string of the molecule is COCCOC1(C(F)(F)F)OC(=O)Nc2ccc(Cl)cc21. The van der Waals surface area contributed by atoms with Crippen molar-refractivity contribution in [1.82, 2.24) is 0 Å². The van der Waals surface area contributed by atoms with Crippen LogP contribution in [0.4, 0.5) is 23.7 Å². The minimum absolute atomic E-state index is 0.0532. The number of hydrogen-bond acceptors (Lipinski definition) is 4. The third kappa shape index (κ3) is 2.92. The third-order valence-corrected chi connectivity index (χ3v) is 3.01. The number of carbonyl (C=O) groups excluding carboxylic acids is 1. The Balaban J connectivity index is 2.53. The van der Waals surface area contributed by atoms with Crippen molar-refractivity contribution in [1.29, 1.82) is 0 Å². The Hall–Kier alpha value is -1.51. The maximum Gasteiger partial charge on any atom is 0.460 e. The first-order valence-corrected chi connectivity index (χ1v) is 6.17. The number of alkyl halides is 3. The number of ether oxygens (including phenoxy) is 3. The summed E-state index contributed by atoms with van der Waals surface area (Å²) in [6.07, 6.45) is -6.25. The van der Waals surface area contributed by atoms with Crippen molar-refractivity contribution >= 4 is 23.4 Å². The fourth-order valence-electron chi connectivity index (χ4n) is 1.89. The molecule has 1 aromatic rings. The summed E-state index contributed by atoms with van der Waals surface area (Å²) in [7, 11) is 1.31. The van der Waals surface area contributed by atoms with E-state index in [1.54, 1.807) is 0 Å². The highest BCUT2D eigenvalue weighted by Crippen LogP contribution is 2.48. The average molecular weight is 326 g/mol. The molecule has 0 saturated heterocycles. The van der Waals surface area contributed by atoms with Crippen LogP contribution in [0.25, 0.3) is 0 Å².